The largest absolute Gasteiger partial charge is 0.394 e. The minimum absolute atomic E-state index is 0.161. The second kappa shape index (κ2) is 14.3. The third-order valence-corrected chi connectivity index (χ3v) is 8.35. The number of hydrogen-bond acceptors (Lipinski definition) is 17. The SMILES string of the molecule is CNC1C(O[C@H]2OC(CO)[C@@H](NC(=O)[C@@H](O)CN)C(O)C2O)O[C@H]2CC(N)[C@@H](O[C@H]3C(N)CC(N)C[C@H]3O)OC2C1O. The molecule has 42 heavy (non-hydrogen) atoms. The van der Waals surface area contributed by atoms with Gasteiger partial charge in [-0.15, -0.1) is 0 Å². The number of carbonyl (C=O) groups is 1. The second-order valence-electron chi connectivity index (χ2n) is 11.4. The normalized spacial score (nSPS) is 48.7. The predicted molar refractivity (Wildman–Crippen MR) is 141 cm³/mol. The Morgan fingerprint density at radius 3 is 2.24 bits per heavy atom. The summed E-state index contributed by atoms with van der Waals surface area (Å²) in [6.07, 6.45) is -13.7. The molecule has 1 saturated carbocycles. The van der Waals surface area contributed by atoms with Gasteiger partial charge in [0.15, 0.2) is 18.9 Å². The number of carbonyl (C=O) groups excluding carboxylic acids is 1. The van der Waals surface area contributed by atoms with Crippen molar-refractivity contribution in [1.82, 2.24) is 10.6 Å². The highest BCUT2D eigenvalue weighted by Gasteiger charge is 2.54. The molecule has 4 fully saturated rings. The molecule has 1 amide bonds. The van der Waals surface area contributed by atoms with Crippen molar-refractivity contribution in [3.8, 4) is 0 Å². The van der Waals surface area contributed by atoms with Gasteiger partial charge in [0.2, 0.25) is 0 Å². The lowest BCUT2D eigenvalue weighted by molar-refractivity contribution is -0.373. The number of nitrogens with one attached hydrogen (secondary N) is 2. The second-order valence-corrected chi connectivity index (χ2v) is 11.4. The van der Waals surface area contributed by atoms with Crippen LogP contribution in [0, 0.1) is 0 Å². The van der Waals surface area contributed by atoms with Gasteiger partial charge < -0.3 is 87.9 Å². The summed E-state index contributed by atoms with van der Waals surface area (Å²) in [5.41, 5.74) is 23.7. The summed E-state index contributed by atoms with van der Waals surface area (Å²) in [5, 5.41) is 67.9. The Kier molecular flexibility index (Phi) is 11.5. The van der Waals surface area contributed by atoms with Gasteiger partial charge in [-0.25, -0.2) is 0 Å². The first kappa shape index (κ1) is 33.7. The highest BCUT2D eigenvalue weighted by atomic mass is 16.8. The van der Waals surface area contributed by atoms with E-state index in [-0.39, 0.29) is 19.0 Å². The highest BCUT2D eigenvalue weighted by Crippen LogP contribution is 2.35. The number of ether oxygens (including phenoxy) is 5. The zero-order chi connectivity index (χ0) is 30.9. The van der Waals surface area contributed by atoms with Crippen molar-refractivity contribution in [2.24, 2.45) is 22.9 Å². The fourth-order valence-electron chi connectivity index (χ4n) is 6.00. The number of hydrogen-bond donors (Lipinski definition) is 12. The Morgan fingerprint density at radius 2 is 1.62 bits per heavy atom. The van der Waals surface area contributed by atoms with E-state index < -0.39 is 110 Å². The molecule has 4 aliphatic rings. The lowest BCUT2D eigenvalue weighted by atomic mass is 9.86. The van der Waals surface area contributed by atoms with Crippen molar-refractivity contribution in [2.75, 3.05) is 20.2 Å². The van der Waals surface area contributed by atoms with E-state index in [0.717, 1.165) is 0 Å². The third-order valence-electron chi connectivity index (χ3n) is 8.35. The molecule has 3 saturated heterocycles. The molecule has 4 rings (SSSR count). The minimum atomic E-state index is -1.73. The molecule has 17 atom stereocenters. The van der Waals surface area contributed by atoms with Crippen LogP contribution in [0.4, 0.5) is 0 Å². The van der Waals surface area contributed by atoms with Gasteiger partial charge in [0.05, 0.1) is 36.9 Å². The van der Waals surface area contributed by atoms with Gasteiger partial charge in [0, 0.05) is 18.6 Å². The highest BCUT2D eigenvalue weighted by molar-refractivity contribution is 5.81. The van der Waals surface area contributed by atoms with Gasteiger partial charge in [-0.2, -0.15) is 0 Å². The van der Waals surface area contributed by atoms with Gasteiger partial charge in [-0.1, -0.05) is 0 Å². The Bertz CT molecular complexity index is 881. The lowest BCUT2D eigenvalue weighted by Gasteiger charge is -2.51. The van der Waals surface area contributed by atoms with Crippen molar-refractivity contribution < 1.29 is 59.1 Å². The number of amides is 1. The molecule has 0 spiro atoms. The van der Waals surface area contributed by atoms with Crippen molar-refractivity contribution >= 4 is 5.91 Å². The van der Waals surface area contributed by atoms with Crippen molar-refractivity contribution in [3.05, 3.63) is 0 Å². The van der Waals surface area contributed by atoms with Crippen LogP contribution in [0.1, 0.15) is 19.3 Å². The van der Waals surface area contributed by atoms with Gasteiger partial charge in [0.25, 0.3) is 5.91 Å². The quantitative estimate of drug-likeness (QED) is 0.115. The van der Waals surface area contributed by atoms with Crippen LogP contribution in [0.3, 0.4) is 0 Å². The maximum atomic E-state index is 12.1. The van der Waals surface area contributed by atoms with E-state index >= 15 is 0 Å². The van der Waals surface area contributed by atoms with Crippen LogP contribution in [-0.2, 0) is 28.5 Å². The van der Waals surface area contributed by atoms with Gasteiger partial charge in [0.1, 0.15) is 42.7 Å². The maximum absolute atomic E-state index is 12.1. The summed E-state index contributed by atoms with van der Waals surface area (Å²) in [4.78, 5) is 12.1. The van der Waals surface area contributed by atoms with Crippen molar-refractivity contribution in [1.29, 1.82) is 0 Å². The number of aliphatic hydroxyl groups excluding tert-OH is 6. The molecule has 18 heteroatoms. The van der Waals surface area contributed by atoms with Gasteiger partial charge in [-0.3, -0.25) is 4.79 Å². The molecule has 0 bridgehead atoms. The zero-order valence-corrected chi connectivity index (χ0v) is 23.3. The Morgan fingerprint density at radius 1 is 0.905 bits per heavy atom. The molecule has 0 aromatic rings. The van der Waals surface area contributed by atoms with Crippen LogP contribution in [0.2, 0.25) is 0 Å². The van der Waals surface area contributed by atoms with Crippen LogP contribution < -0.4 is 33.6 Å². The molecule has 0 aromatic carbocycles. The average molecular weight is 611 g/mol. The predicted octanol–water partition coefficient (Wildman–Crippen LogP) is -7.44. The van der Waals surface area contributed by atoms with Crippen molar-refractivity contribution in [3.63, 3.8) is 0 Å². The third kappa shape index (κ3) is 7.04. The topological polar surface area (TPSA) is 313 Å². The van der Waals surface area contributed by atoms with Crippen LogP contribution in [0.25, 0.3) is 0 Å². The van der Waals surface area contributed by atoms with Gasteiger partial charge in [-0.05, 0) is 26.3 Å². The molecule has 18 nitrogen and oxygen atoms in total. The molecule has 3 heterocycles. The Labute approximate surface area is 242 Å². The fourth-order valence-corrected chi connectivity index (χ4v) is 6.00. The average Bonchev–Trinajstić information content (AvgIpc) is 2.94. The van der Waals surface area contributed by atoms with E-state index in [1.54, 1.807) is 0 Å². The van der Waals surface area contributed by atoms with Crippen LogP contribution in [0.5, 0.6) is 0 Å². The van der Waals surface area contributed by atoms with E-state index in [1.165, 1.54) is 7.05 Å². The molecule has 3 aliphatic heterocycles. The summed E-state index contributed by atoms with van der Waals surface area (Å²) >= 11 is 0. The fraction of sp³-hybridized carbons (Fsp3) is 0.958. The summed E-state index contributed by atoms with van der Waals surface area (Å²) < 4.78 is 29.6. The summed E-state index contributed by atoms with van der Waals surface area (Å²) in [6.45, 7) is -1.06. The maximum Gasteiger partial charge on any atom is 0.250 e. The van der Waals surface area contributed by atoms with Crippen molar-refractivity contribution in [2.45, 2.75) is 123 Å². The zero-order valence-electron chi connectivity index (χ0n) is 23.3. The summed E-state index contributed by atoms with van der Waals surface area (Å²) in [6, 6.07) is -3.75. The summed E-state index contributed by atoms with van der Waals surface area (Å²) in [5.74, 6) is -0.922. The minimum Gasteiger partial charge on any atom is -0.394 e. The first-order chi connectivity index (χ1) is 19.9. The molecular formula is C24H46N6O12. The molecule has 0 aromatic heterocycles. The van der Waals surface area contributed by atoms with Crippen LogP contribution in [-0.4, -0.2) is 161 Å². The molecular weight excluding hydrogens is 564 g/mol. The Balaban J connectivity index is 1.41. The van der Waals surface area contributed by atoms with Crippen LogP contribution in [0.15, 0.2) is 0 Å². The number of likely N-dealkylation sites (N-methyl/N-ethyl adjacent to an activating group) is 1. The van der Waals surface area contributed by atoms with E-state index in [0.29, 0.717) is 12.8 Å². The van der Waals surface area contributed by atoms with E-state index in [9.17, 15) is 35.4 Å². The van der Waals surface area contributed by atoms with Crippen LogP contribution >= 0.6 is 0 Å². The number of nitrogens with two attached hydrogens (primary N) is 4. The standard InChI is InChI=1S/C24H46N6O12/c1-29-15-17(35)20-12(4-9(28)22(41-20)40-19-8(27)2-7(26)3-10(19)32)38-23(15)42-24-18(36)16(34)14(13(6-31)39-24)30-21(37)11(33)5-25/h7-20,22-24,29,31-36H,2-6,25-28H2,1H3,(H,30,37)/t7?,8?,9?,10-,11+,12+,13?,14-,15?,16?,17?,18?,19+,20?,22+,23?,24-/m1/s1. The molecule has 10 unspecified atom stereocenters. The van der Waals surface area contributed by atoms with E-state index in [4.69, 9.17) is 46.6 Å². The Hall–Kier alpha value is -1.17. The summed E-state index contributed by atoms with van der Waals surface area (Å²) in [7, 11) is 1.54. The molecule has 16 N–H and O–H groups in total. The first-order valence-electron chi connectivity index (χ1n) is 14.1. The smallest absolute Gasteiger partial charge is 0.250 e. The monoisotopic (exact) mass is 610 g/mol. The molecule has 0 radical (unpaired) electrons. The lowest BCUT2D eigenvalue weighted by Crippen LogP contribution is -2.70. The van der Waals surface area contributed by atoms with E-state index in [2.05, 4.69) is 10.6 Å². The first-order valence-corrected chi connectivity index (χ1v) is 14.1. The molecule has 244 valence electrons. The number of aliphatic hydroxyl groups is 6. The van der Waals surface area contributed by atoms with E-state index in [1.807, 2.05) is 0 Å². The number of rotatable bonds is 9. The molecule has 1 aliphatic carbocycles. The van der Waals surface area contributed by atoms with Gasteiger partial charge >= 0.3 is 0 Å². The number of fused-ring (bicyclic) bond motifs is 1.